The molecular weight excluding hydrogens is 390 g/mol. The van der Waals surface area contributed by atoms with Crippen molar-refractivity contribution in [1.29, 1.82) is 0 Å². The fraction of sp³-hybridized carbons (Fsp3) is 0.538. The van der Waals surface area contributed by atoms with Crippen molar-refractivity contribution in [3.8, 4) is 0 Å². The molecule has 0 aliphatic carbocycles. The van der Waals surface area contributed by atoms with Crippen LogP contribution in [0.1, 0.15) is 5.56 Å². The molecule has 5 nitrogen and oxygen atoms in total. The van der Waals surface area contributed by atoms with Gasteiger partial charge in [0.15, 0.2) is 0 Å². The van der Waals surface area contributed by atoms with Gasteiger partial charge >= 0.3 is 6.18 Å². The Balaban J connectivity index is 0.00000264. The van der Waals surface area contributed by atoms with Crippen LogP contribution in [0.4, 0.5) is 13.2 Å². The summed E-state index contributed by atoms with van der Waals surface area (Å²) in [5, 5.41) is 3.18. The molecule has 24 heavy (non-hydrogen) atoms. The lowest BCUT2D eigenvalue weighted by atomic mass is 10.2. The normalized spacial score (nSPS) is 16.1. The van der Waals surface area contributed by atoms with E-state index in [1.54, 1.807) is 0 Å². The molecule has 0 unspecified atom stereocenters. The van der Waals surface area contributed by atoms with Crippen LogP contribution < -0.4 is 10.0 Å². The lowest BCUT2D eigenvalue weighted by molar-refractivity contribution is -0.137. The number of alkyl halides is 3. The molecule has 2 N–H and O–H groups in total. The molecule has 1 aromatic rings. The molecule has 1 aromatic carbocycles. The fourth-order valence-corrected chi connectivity index (χ4v) is 3.26. The second kappa shape index (κ2) is 9.79. The largest absolute Gasteiger partial charge is 0.416 e. The number of sulfonamides is 1. The molecule has 1 aliphatic heterocycles. The van der Waals surface area contributed by atoms with Gasteiger partial charge in [0.25, 0.3) is 0 Å². The van der Waals surface area contributed by atoms with Gasteiger partial charge in [-0.15, -0.1) is 24.8 Å². The van der Waals surface area contributed by atoms with Crippen LogP contribution in [-0.4, -0.2) is 52.6 Å². The third kappa shape index (κ3) is 6.73. The second-order valence-corrected chi connectivity index (χ2v) is 6.78. The van der Waals surface area contributed by atoms with Crippen molar-refractivity contribution >= 4 is 34.8 Å². The number of halogens is 5. The monoisotopic (exact) mass is 409 g/mol. The molecule has 1 saturated heterocycles. The predicted octanol–water partition coefficient (Wildman–Crippen LogP) is 1.73. The summed E-state index contributed by atoms with van der Waals surface area (Å²) >= 11 is 0. The summed E-state index contributed by atoms with van der Waals surface area (Å²) in [5.41, 5.74) is -0.975. The predicted molar refractivity (Wildman–Crippen MR) is 90.4 cm³/mol. The Hall–Kier alpha value is -0.580. The highest BCUT2D eigenvalue weighted by atomic mass is 35.5. The maximum Gasteiger partial charge on any atom is 0.416 e. The summed E-state index contributed by atoms with van der Waals surface area (Å²) in [6.07, 6.45) is -4.56. The van der Waals surface area contributed by atoms with E-state index in [0.29, 0.717) is 12.6 Å². The Bertz CT molecular complexity index is 609. The van der Waals surface area contributed by atoms with Crippen LogP contribution in [0.3, 0.4) is 0 Å². The number of benzene rings is 1. The topological polar surface area (TPSA) is 61.4 Å². The zero-order valence-electron chi connectivity index (χ0n) is 12.7. The first-order valence-corrected chi connectivity index (χ1v) is 8.37. The minimum absolute atomic E-state index is 0. The van der Waals surface area contributed by atoms with E-state index >= 15 is 0 Å². The summed E-state index contributed by atoms with van der Waals surface area (Å²) in [6.45, 7) is 4.04. The minimum Gasteiger partial charge on any atom is -0.314 e. The number of hydrogen-bond acceptors (Lipinski definition) is 4. The first-order valence-electron chi connectivity index (χ1n) is 6.89. The Morgan fingerprint density at radius 2 is 1.79 bits per heavy atom. The lowest BCUT2D eigenvalue weighted by Gasteiger charge is -2.27. The standard InChI is InChI=1S/C13H18F3N3O2S.2ClH/c14-13(15,16)11-2-1-3-12(10-11)22(20,21)18-6-9-19-7-4-17-5-8-19;;/h1-3,10,17-18H,4-9H2;2*1H. The van der Waals surface area contributed by atoms with Crippen LogP contribution in [-0.2, 0) is 16.2 Å². The number of rotatable bonds is 5. The molecule has 0 saturated carbocycles. The fourth-order valence-electron chi connectivity index (χ4n) is 2.20. The maximum absolute atomic E-state index is 12.6. The quantitative estimate of drug-likeness (QED) is 0.777. The van der Waals surface area contributed by atoms with Crippen molar-refractivity contribution in [3.05, 3.63) is 29.8 Å². The van der Waals surface area contributed by atoms with Gasteiger partial charge in [-0.05, 0) is 18.2 Å². The van der Waals surface area contributed by atoms with Crippen molar-refractivity contribution in [2.75, 3.05) is 39.3 Å². The van der Waals surface area contributed by atoms with Crippen molar-refractivity contribution in [2.24, 2.45) is 0 Å². The lowest BCUT2D eigenvalue weighted by Crippen LogP contribution is -2.46. The molecule has 0 amide bonds. The third-order valence-electron chi connectivity index (χ3n) is 3.40. The van der Waals surface area contributed by atoms with Gasteiger partial charge in [0, 0.05) is 39.3 Å². The molecule has 140 valence electrons. The Labute approximate surface area is 151 Å². The van der Waals surface area contributed by atoms with Crippen LogP contribution in [0.25, 0.3) is 0 Å². The van der Waals surface area contributed by atoms with Crippen LogP contribution in [0.5, 0.6) is 0 Å². The van der Waals surface area contributed by atoms with Gasteiger partial charge < -0.3 is 5.32 Å². The van der Waals surface area contributed by atoms with Gasteiger partial charge in [-0.2, -0.15) is 13.2 Å². The van der Waals surface area contributed by atoms with Gasteiger partial charge in [0.05, 0.1) is 10.5 Å². The van der Waals surface area contributed by atoms with Crippen molar-refractivity contribution in [2.45, 2.75) is 11.1 Å². The van der Waals surface area contributed by atoms with Crippen LogP contribution in [0.2, 0.25) is 0 Å². The number of piperazine rings is 1. The van der Waals surface area contributed by atoms with E-state index in [9.17, 15) is 21.6 Å². The second-order valence-electron chi connectivity index (χ2n) is 5.02. The van der Waals surface area contributed by atoms with E-state index in [1.165, 1.54) is 0 Å². The zero-order chi connectivity index (χ0) is 16.2. The van der Waals surface area contributed by atoms with E-state index in [-0.39, 0.29) is 36.3 Å². The first-order chi connectivity index (χ1) is 10.3. The van der Waals surface area contributed by atoms with Gasteiger partial charge in [-0.25, -0.2) is 13.1 Å². The zero-order valence-corrected chi connectivity index (χ0v) is 15.1. The van der Waals surface area contributed by atoms with Crippen molar-refractivity contribution in [3.63, 3.8) is 0 Å². The van der Waals surface area contributed by atoms with E-state index in [4.69, 9.17) is 0 Å². The molecule has 0 radical (unpaired) electrons. The van der Waals surface area contributed by atoms with E-state index in [2.05, 4.69) is 14.9 Å². The molecule has 1 aliphatic rings. The Kier molecular flexibility index (Phi) is 9.55. The molecule has 1 fully saturated rings. The first kappa shape index (κ1) is 23.4. The summed E-state index contributed by atoms with van der Waals surface area (Å²) < 4.78 is 64.3. The average molecular weight is 410 g/mol. The van der Waals surface area contributed by atoms with Gasteiger partial charge in [-0.3, -0.25) is 4.90 Å². The molecule has 0 spiro atoms. The van der Waals surface area contributed by atoms with Crippen LogP contribution in [0.15, 0.2) is 29.2 Å². The summed E-state index contributed by atoms with van der Waals surface area (Å²) in [7, 11) is -3.94. The SMILES string of the molecule is Cl.Cl.O=S(=O)(NCCN1CCNCC1)c1cccc(C(F)(F)F)c1. The molecule has 2 rings (SSSR count). The number of hydrogen-bond donors (Lipinski definition) is 2. The molecule has 0 bridgehead atoms. The molecule has 11 heteroatoms. The van der Waals surface area contributed by atoms with Crippen molar-refractivity contribution in [1.82, 2.24) is 14.9 Å². The number of nitrogens with zero attached hydrogens (tertiary/aromatic N) is 1. The highest BCUT2D eigenvalue weighted by Gasteiger charge is 2.31. The average Bonchev–Trinajstić information content (AvgIpc) is 2.47. The maximum atomic E-state index is 12.6. The molecule has 0 atom stereocenters. The van der Waals surface area contributed by atoms with Gasteiger partial charge in [0.1, 0.15) is 0 Å². The van der Waals surface area contributed by atoms with E-state index < -0.39 is 21.8 Å². The van der Waals surface area contributed by atoms with E-state index in [0.717, 1.165) is 44.4 Å². The Morgan fingerprint density at radius 1 is 1.17 bits per heavy atom. The van der Waals surface area contributed by atoms with Crippen LogP contribution in [0, 0.1) is 0 Å². The minimum atomic E-state index is -4.56. The third-order valence-corrected chi connectivity index (χ3v) is 4.86. The van der Waals surface area contributed by atoms with Gasteiger partial charge in [0.2, 0.25) is 10.0 Å². The highest BCUT2D eigenvalue weighted by molar-refractivity contribution is 7.89. The summed E-state index contributed by atoms with van der Waals surface area (Å²) in [5.74, 6) is 0. The molecular formula is C13H20Cl2F3N3O2S. The smallest absolute Gasteiger partial charge is 0.314 e. The van der Waals surface area contributed by atoms with Crippen LogP contribution >= 0.6 is 24.8 Å². The molecule has 1 heterocycles. The van der Waals surface area contributed by atoms with Gasteiger partial charge in [-0.1, -0.05) is 6.07 Å². The highest BCUT2D eigenvalue weighted by Crippen LogP contribution is 2.30. The summed E-state index contributed by atoms with van der Waals surface area (Å²) in [6, 6.07) is 3.74. The molecule has 0 aromatic heterocycles. The Morgan fingerprint density at radius 3 is 2.38 bits per heavy atom. The van der Waals surface area contributed by atoms with Crippen molar-refractivity contribution < 1.29 is 21.6 Å². The summed E-state index contributed by atoms with van der Waals surface area (Å²) in [4.78, 5) is 1.72. The van der Waals surface area contributed by atoms with E-state index in [1.807, 2.05) is 0 Å². The number of nitrogens with one attached hydrogen (secondary N) is 2.